The van der Waals surface area contributed by atoms with Crippen LogP contribution < -0.4 is 5.32 Å². The molecule has 246 valence electrons. The zero-order chi connectivity index (χ0) is 33.0. The molecule has 4 atom stereocenters. The third kappa shape index (κ3) is 9.39. The molecule has 0 saturated carbocycles. The van der Waals surface area contributed by atoms with Crippen LogP contribution in [0.2, 0.25) is 0 Å². The van der Waals surface area contributed by atoms with Gasteiger partial charge in [0.25, 0.3) is 0 Å². The summed E-state index contributed by atoms with van der Waals surface area (Å²) in [6.45, 7) is -0.257. The van der Waals surface area contributed by atoms with Crippen molar-refractivity contribution >= 4 is 23.8 Å². The Kier molecular flexibility index (Phi) is 11.9. The molecule has 0 bridgehead atoms. The summed E-state index contributed by atoms with van der Waals surface area (Å²) in [5, 5.41) is 12.8. The standard InChI is InChI=1S/C38H42N2O7/c41-24-33-21-29-16-10-11-19-32(29)23-40(33)35(42)22-30-17-8-3-9-18-31(20-27-12-4-1-5-13-27)37(44)47-26-34(39-36(30)43)38(45)46-25-28-14-6-2-7-15-28/h1-8,10-16,19,30-31,33-34,41H,9,17-18,20-26H2,(H,39,43)/t30-,31-,33+,34-/m1/s1. The van der Waals surface area contributed by atoms with E-state index in [9.17, 15) is 24.3 Å². The van der Waals surface area contributed by atoms with Crippen molar-refractivity contribution in [3.05, 3.63) is 119 Å². The van der Waals surface area contributed by atoms with Crippen molar-refractivity contribution < 1.29 is 33.8 Å². The fourth-order valence-corrected chi connectivity index (χ4v) is 6.10. The number of benzene rings is 3. The van der Waals surface area contributed by atoms with Crippen LogP contribution in [0.25, 0.3) is 0 Å². The maximum Gasteiger partial charge on any atom is 0.332 e. The fourth-order valence-electron chi connectivity index (χ4n) is 6.10. The monoisotopic (exact) mass is 638 g/mol. The van der Waals surface area contributed by atoms with Gasteiger partial charge in [-0.3, -0.25) is 14.4 Å². The molecule has 9 nitrogen and oxygen atoms in total. The normalized spacial score (nSPS) is 22.0. The SMILES string of the molecule is O=C1N[C@@H](C(=O)OCc2ccccc2)COC(=O)[C@@H](Cc2ccccc2)CCC=CC[C@@H]1CC(=O)N1Cc2ccccc2C[C@H]1CO. The second kappa shape index (κ2) is 16.7. The molecule has 2 amide bonds. The highest BCUT2D eigenvalue weighted by molar-refractivity contribution is 5.89. The van der Waals surface area contributed by atoms with Crippen molar-refractivity contribution in [2.45, 2.75) is 63.8 Å². The predicted octanol–water partition coefficient (Wildman–Crippen LogP) is 4.31. The van der Waals surface area contributed by atoms with Crippen LogP contribution in [-0.2, 0) is 54.6 Å². The average molecular weight is 639 g/mol. The first-order valence-electron chi connectivity index (χ1n) is 16.2. The Labute approximate surface area is 275 Å². The molecule has 0 aromatic heterocycles. The zero-order valence-electron chi connectivity index (χ0n) is 26.5. The predicted molar refractivity (Wildman–Crippen MR) is 175 cm³/mol. The van der Waals surface area contributed by atoms with Crippen LogP contribution in [0, 0.1) is 11.8 Å². The van der Waals surface area contributed by atoms with E-state index in [1.807, 2.05) is 97.1 Å². The number of nitrogens with one attached hydrogen (secondary N) is 1. The van der Waals surface area contributed by atoms with E-state index in [0.717, 1.165) is 22.3 Å². The van der Waals surface area contributed by atoms with E-state index in [2.05, 4.69) is 5.32 Å². The molecule has 0 unspecified atom stereocenters. The second-order valence-corrected chi connectivity index (χ2v) is 12.2. The number of hydrogen-bond acceptors (Lipinski definition) is 7. The highest BCUT2D eigenvalue weighted by Gasteiger charge is 2.34. The Balaban J connectivity index is 1.34. The molecule has 2 N–H and O–H groups in total. The van der Waals surface area contributed by atoms with E-state index < -0.39 is 48.4 Å². The van der Waals surface area contributed by atoms with E-state index >= 15 is 0 Å². The lowest BCUT2D eigenvalue weighted by Crippen LogP contribution is -2.50. The largest absolute Gasteiger partial charge is 0.463 e. The van der Waals surface area contributed by atoms with Crippen LogP contribution in [0.1, 0.15) is 47.9 Å². The highest BCUT2D eigenvalue weighted by Crippen LogP contribution is 2.26. The maximum atomic E-state index is 13.7. The molecule has 0 saturated heterocycles. The number of esters is 2. The van der Waals surface area contributed by atoms with E-state index in [0.29, 0.717) is 32.2 Å². The number of rotatable bonds is 8. The molecule has 9 heteroatoms. The summed E-state index contributed by atoms with van der Waals surface area (Å²) in [5.74, 6) is -3.21. The lowest BCUT2D eigenvalue weighted by atomic mass is 9.92. The number of aliphatic hydroxyl groups excluding tert-OH is 1. The van der Waals surface area contributed by atoms with Crippen molar-refractivity contribution in [3.63, 3.8) is 0 Å². The van der Waals surface area contributed by atoms with E-state index in [1.54, 1.807) is 4.90 Å². The molecule has 0 aliphatic carbocycles. The van der Waals surface area contributed by atoms with Gasteiger partial charge in [0.2, 0.25) is 11.8 Å². The van der Waals surface area contributed by atoms with Crippen LogP contribution in [-0.4, -0.2) is 59.1 Å². The molecule has 47 heavy (non-hydrogen) atoms. The van der Waals surface area contributed by atoms with Gasteiger partial charge in [-0.2, -0.15) is 0 Å². The smallest absolute Gasteiger partial charge is 0.332 e. The average Bonchev–Trinajstić information content (AvgIpc) is 3.11. The number of allylic oxidation sites excluding steroid dienone is 2. The minimum atomic E-state index is -1.26. The quantitative estimate of drug-likeness (QED) is 0.279. The molecule has 2 aliphatic heterocycles. The van der Waals surface area contributed by atoms with Crippen molar-refractivity contribution in [3.8, 4) is 0 Å². The van der Waals surface area contributed by atoms with Crippen molar-refractivity contribution in [1.82, 2.24) is 10.2 Å². The van der Waals surface area contributed by atoms with Crippen LogP contribution in [0.5, 0.6) is 0 Å². The van der Waals surface area contributed by atoms with Crippen molar-refractivity contribution in [2.24, 2.45) is 11.8 Å². The summed E-state index contributed by atoms with van der Waals surface area (Å²) in [7, 11) is 0. The number of hydrogen-bond donors (Lipinski definition) is 2. The number of carbonyl (C=O) groups is 4. The van der Waals surface area contributed by atoms with Gasteiger partial charge in [0.15, 0.2) is 6.04 Å². The molecular weight excluding hydrogens is 596 g/mol. The van der Waals surface area contributed by atoms with Crippen LogP contribution in [0.15, 0.2) is 97.1 Å². The molecule has 2 aliphatic rings. The van der Waals surface area contributed by atoms with Crippen molar-refractivity contribution in [1.29, 1.82) is 0 Å². The number of amides is 2. The third-order valence-corrected chi connectivity index (χ3v) is 8.82. The number of ether oxygens (including phenoxy) is 2. The number of cyclic esters (lactones) is 1. The van der Waals surface area contributed by atoms with Gasteiger partial charge in [0, 0.05) is 13.0 Å². The van der Waals surface area contributed by atoms with Gasteiger partial charge in [0.1, 0.15) is 13.2 Å². The van der Waals surface area contributed by atoms with Gasteiger partial charge in [-0.25, -0.2) is 4.79 Å². The van der Waals surface area contributed by atoms with Gasteiger partial charge in [0.05, 0.1) is 24.5 Å². The van der Waals surface area contributed by atoms with E-state index in [1.165, 1.54) is 0 Å². The summed E-state index contributed by atoms with van der Waals surface area (Å²) >= 11 is 0. The molecule has 2 heterocycles. The molecule has 5 rings (SSSR count). The summed E-state index contributed by atoms with van der Waals surface area (Å²) < 4.78 is 11.2. The molecule has 3 aromatic carbocycles. The van der Waals surface area contributed by atoms with Crippen LogP contribution in [0.4, 0.5) is 0 Å². The lowest BCUT2D eigenvalue weighted by molar-refractivity contribution is -0.157. The second-order valence-electron chi connectivity index (χ2n) is 12.2. The van der Waals surface area contributed by atoms with E-state index in [4.69, 9.17) is 9.47 Å². The minimum Gasteiger partial charge on any atom is -0.463 e. The van der Waals surface area contributed by atoms with Gasteiger partial charge in [-0.05, 0) is 54.4 Å². The topological polar surface area (TPSA) is 122 Å². The Morgan fingerprint density at radius 2 is 1.55 bits per heavy atom. The number of aliphatic hydroxyl groups is 1. The summed E-state index contributed by atoms with van der Waals surface area (Å²) in [6.07, 6.45) is 6.03. The Hall–Kier alpha value is -4.76. The van der Waals surface area contributed by atoms with Gasteiger partial charge in [-0.15, -0.1) is 0 Å². The lowest BCUT2D eigenvalue weighted by Gasteiger charge is -2.36. The molecule has 0 spiro atoms. The summed E-state index contributed by atoms with van der Waals surface area (Å²) in [5.41, 5.74) is 3.87. The Bertz CT molecular complexity index is 1540. The zero-order valence-corrected chi connectivity index (χ0v) is 26.5. The Morgan fingerprint density at radius 1 is 0.872 bits per heavy atom. The highest BCUT2D eigenvalue weighted by atomic mass is 16.6. The van der Waals surface area contributed by atoms with Gasteiger partial charge in [-0.1, -0.05) is 97.1 Å². The summed E-state index contributed by atoms with van der Waals surface area (Å²) in [6, 6.07) is 25.0. The van der Waals surface area contributed by atoms with Gasteiger partial charge >= 0.3 is 11.9 Å². The maximum absolute atomic E-state index is 13.7. The van der Waals surface area contributed by atoms with Gasteiger partial charge < -0.3 is 24.8 Å². The number of fused-ring (bicyclic) bond motifs is 1. The molecule has 0 fully saturated rings. The molecule has 0 radical (unpaired) electrons. The van der Waals surface area contributed by atoms with Crippen LogP contribution >= 0.6 is 0 Å². The first kappa shape index (κ1) is 33.6. The molecular formula is C38H42N2O7. The van der Waals surface area contributed by atoms with Crippen LogP contribution in [0.3, 0.4) is 0 Å². The number of carbonyl (C=O) groups excluding carboxylic acids is 4. The number of nitrogens with zero attached hydrogens (tertiary/aromatic N) is 1. The fraction of sp³-hybridized carbons (Fsp3) is 0.368. The van der Waals surface area contributed by atoms with E-state index in [-0.39, 0.29) is 32.0 Å². The Morgan fingerprint density at radius 3 is 2.28 bits per heavy atom. The summed E-state index contributed by atoms with van der Waals surface area (Å²) in [4.78, 5) is 55.7. The first-order chi connectivity index (χ1) is 22.9. The first-order valence-corrected chi connectivity index (χ1v) is 16.2. The minimum absolute atomic E-state index is 0.0136. The third-order valence-electron chi connectivity index (χ3n) is 8.82. The molecule has 3 aromatic rings. The van der Waals surface area contributed by atoms with Crippen molar-refractivity contribution in [2.75, 3.05) is 13.2 Å².